The summed E-state index contributed by atoms with van der Waals surface area (Å²) in [5, 5.41) is 0. The van der Waals surface area contributed by atoms with Crippen molar-refractivity contribution in [1.29, 1.82) is 0 Å². The van der Waals surface area contributed by atoms with E-state index < -0.39 is 12.1 Å². The van der Waals surface area contributed by atoms with Gasteiger partial charge < -0.3 is 4.74 Å². The minimum absolute atomic E-state index is 0.0510. The van der Waals surface area contributed by atoms with E-state index in [1.54, 1.807) is 0 Å². The van der Waals surface area contributed by atoms with Crippen LogP contribution in [0.3, 0.4) is 0 Å². The first-order valence-corrected chi connectivity index (χ1v) is 3.91. The fraction of sp³-hybridized carbons (Fsp3) is 0.125. The molecule has 0 atom stereocenters. The van der Waals surface area contributed by atoms with Gasteiger partial charge in [0.1, 0.15) is 5.75 Å². The standard InChI is InChI=1S/C8H5F3O2S/c9-8(10,11)13-6-1-2-7(14)5(3-6)4-12/h1-4,14H. The van der Waals surface area contributed by atoms with Crippen molar-refractivity contribution in [3.63, 3.8) is 0 Å². The summed E-state index contributed by atoms with van der Waals surface area (Å²) in [4.78, 5) is 10.7. The van der Waals surface area contributed by atoms with Crippen molar-refractivity contribution < 1.29 is 22.7 Å². The highest BCUT2D eigenvalue weighted by molar-refractivity contribution is 7.80. The van der Waals surface area contributed by atoms with E-state index in [1.165, 1.54) is 6.07 Å². The zero-order valence-electron chi connectivity index (χ0n) is 6.71. The SMILES string of the molecule is O=Cc1cc(OC(F)(F)F)ccc1S. The fourth-order valence-corrected chi connectivity index (χ4v) is 1.02. The molecule has 0 N–H and O–H groups in total. The summed E-state index contributed by atoms with van der Waals surface area (Å²) in [5.41, 5.74) is 0.0510. The molecule has 0 unspecified atom stereocenters. The normalized spacial score (nSPS) is 11.1. The minimum atomic E-state index is -4.75. The Kier molecular flexibility index (Phi) is 3.05. The summed E-state index contributed by atoms with van der Waals surface area (Å²) in [6, 6.07) is 3.32. The smallest absolute Gasteiger partial charge is 0.406 e. The molecule has 0 aromatic heterocycles. The second kappa shape index (κ2) is 3.91. The third kappa shape index (κ3) is 2.95. The predicted octanol–water partition coefficient (Wildman–Crippen LogP) is 2.69. The molecule has 0 fully saturated rings. The summed E-state index contributed by atoms with van der Waals surface area (Å²) in [7, 11) is 0. The van der Waals surface area contributed by atoms with Crippen molar-refractivity contribution in [1.82, 2.24) is 0 Å². The van der Waals surface area contributed by atoms with E-state index in [4.69, 9.17) is 0 Å². The number of carbonyl (C=O) groups excluding carboxylic acids is 1. The number of hydrogen-bond acceptors (Lipinski definition) is 3. The minimum Gasteiger partial charge on any atom is -0.406 e. The number of benzene rings is 1. The number of alkyl halides is 3. The molecule has 0 aliphatic rings. The maximum Gasteiger partial charge on any atom is 0.573 e. The third-order valence-electron chi connectivity index (χ3n) is 1.36. The van der Waals surface area contributed by atoms with Gasteiger partial charge in [-0.25, -0.2) is 0 Å². The maximum atomic E-state index is 11.7. The Morgan fingerprint density at radius 3 is 2.50 bits per heavy atom. The van der Waals surface area contributed by atoms with E-state index >= 15 is 0 Å². The van der Waals surface area contributed by atoms with Crippen LogP contribution in [0, 0.1) is 0 Å². The lowest BCUT2D eigenvalue weighted by Crippen LogP contribution is -2.17. The number of hydrogen-bond donors (Lipinski definition) is 1. The molecule has 14 heavy (non-hydrogen) atoms. The number of carbonyl (C=O) groups is 1. The summed E-state index contributed by atoms with van der Waals surface area (Å²) < 4.78 is 38.9. The first-order chi connectivity index (χ1) is 6.42. The monoisotopic (exact) mass is 222 g/mol. The first kappa shape index (κ1) is 10.9. The number of aldehydes is 1. The van der Waals surface area contributed by atoms with E-state index in [2.05, 4.69) is 17.4 Å². The van der Waals surface area contributed by atoms with Crippen molar-refractivity contribution in [2.75, 3.05) is 0 Å². The zero-order valence-corrected chi connectivity index (χ0v) is 7.60. The van der Waals surface area contributed by atoms with Gasteiger partial charge in [0.15, 0.2) is 6.29 Å². The molecule has 76 valence electrons. The van der Waals surface area contributed by atoms with Gasteiger partial charge in [-0.1, -0.05) is 0 Å². The largest absolute Gasteiger partial charge is 0.573 e. The topological polar surface area (TPSA) is 26.3 Å². The highest BCUT2D eigenvalue weighted by atomic mass is 32.1. The molecular weight excluding hydrogens is 217 g/mol. The second-order valence-corrected chi connectivity index (χ2v) is 2.87. The van der Waals surface area contributed by atoms with Crippen LogP contribution in [0.25, 0.3) is 0 Å². The van der Waals surface area contributed by atoms with Crippen LogP contribution in [0.4, 0.5) is 13.2 Å². The van der Waals surface area contributed by atoms with Gasteiger partial charge in [0, 0.05) is 10.5 Å². The Labute approximate surface area is 83.1 Å². The molecule has 1 aromatic carbocycles. The molecule has 0 saturated heterocycles. The molecule has 0 amide bonds. The van der Waals surface area contributed by atoms with Crippen molar-refractivity contribution in [2.24, 2.45) is 0 Å². The molecule has 0 spiro atoms. The van der Waals surface area contributed by atoms with Gasteiger partial charge in [-0.2, -0.15) is 0 Å². The Hall–Kier alpha value is -1.17. The average Bonchev–Trinajstić information content (AvgIpc) is 2.06. The fourth-order valence-electron chi connectivity index (χ4n) is 0.824. The van der Waals surface area contributed by atoms with Crippen LogP contribution < -0.4 is 4.74 Å². The van der Waals surface area contributed by atoms with E-state index in [-0.39, 0.29) is 5.56 Å². The molecule has 0 saturated carbocycles. The number of thiol groups is 1. The lowest BCUT2D eigenvalue weighted by Gasteiger charge is -2.09. The molecule has 2 nitrogen and oxygen atoms in total. The molecular formula is C8H5F3O2S. The van der Waals surface area contributed by atoms with E-state index in [9.17, 15) is 18.0 Å². The maximum absolute atomic E-state index is 11.7. The van der Waals surface area contributed by atoms with Crippen LogP contribution in [0.2, 0.25) is 0 Å². The van der Waals surface area contributed by atoms with Crippen molar-refractivity contribution in [2.45, 2.75) is 11.3 Å². The molecule has 1 rings (SSSR count). The molecule has 1 aromatic rings. The van der Waals surface area contributed by atoms with Crippen LogP contribution in [-0.4, -0.2) is 12.6 Å². The Morgan fingerprint density at radius 1 is 1.36 bits per heavy atom. The molecule has 6 heteroatoms. The summed E-state index contributed by atoms with van der Waals surface area (Å²) in [5.74, 6) is -0.433. The Morgan fingerprint density at radius 2 is 2.00 bits per heavy atom. The quantitative estimate of drug-likeness (QED) is 0.615. The third-order valence-corrected chi connectivity index (χ3v) is 1.77. The Bertz CT molecular complexity index is 349. The van der Waals surface area contributed by atoms with Crippen LogP contribution >= 0.6 is 12.6 Å². The number of halogens is 3. The number of ether oxygens (including phenoxy) is 1. The van der Waals surface area contributed by atoms with E-state index in [1.807, 2.05) is 0 Å². The average molecular weight is 222 g/mol. The van der Waals surface area contributed by atoms with Crippen LogP contribution in [0.1, 0.15) is 10.4 Å². The zero-order chi connectivity index (χ0) is 10.8. The van der Waals surface area contributed by atoms with Crippen molar-refractivity contribution in [3.8, 4) is 5.75 Å². The van der Waals surface area contributed by atoms with Gasteiger partial charge in [-0.3, -0.25) is 4.79 Å². The van der Waals surface area contributed by atoms with Crippen LogP contribution in [0.15, 0.2) is 23.1 Å². The van der Waals surface area contributed by atoms with Gasteiger partial charge in [0.25, 0.3) is 0 Å². The highest BCUT2D eigenvalue weighted by Crippen LogP contribution is 2.25. The molecule has 0 radical (unpaired) electrons. The molecule has 0 aliphatic heterocycles. The van der Waals surface area contributed by atoms with Crippen molar-refractivity contribution in [3.05, 3.63) is 23.8 Å². The number of rotatable bonds is 2. The Balaban J connectivity index is 2.95. The van der Waals surface area contributed by atoms with Gasteiger partial charge in [-0.05, 0) is 18.2 Å². The van der Waals surface area contributed by atoms with E-state index in [0.717, 1.165) is 12.1 Å². The summed E-state index contributed by atoms with van der Waals surface area (Å²) >= 11 is 3.87. The van der Waals surface area contributed by atoms with Crippen molar-refractivity contribution >= 4 is 18.9 Å². The van der Waals surface area contributed by atoms with Crippen LogP contribution in [0.5, 0.6) is 5.75 Å². The van der Waals surface area contributed by atoms with Crippen LogP contribution in [-0.2, 0) is 0 Å². The van der Waals surface area contributed by atoms with Gasteiger partial charge >= 0.3 is 6.36 Å². The van der Waals surface area contributed by atoms with Gasteiger partial charge in [-0.15, -0.1) is 25.8 Å². The molecule has 0 aliphatic carbocycles. The molecule has 0 heterocycles. The summed E-state index contributed by atoms with van der Waals surface area (Å²) in [6.45, 7) is 0. The predicted molar refractivity (Wildman–Crippen MR) is 45.8 cm³/mol. The highest BCUT2D eigenvalue weighted by Gasteiger charge is 2.31. The van der Waals surface area contributed by atoms with Gasteiger partial charge in [0.05, 0.1) is 0 Å². The lowest BCUT2D eigenvalue weighted by atomic mass is 10.2. The first-order valence-electron chi connectivity index (χ1n) is 3.46. The lowest BCUT2D eigenvalue weighted by molar-refractivity contribution is -0.274. The molecule has 0 bridgehead atoms. The van der Waals surface area contributed by atoms with E-state index in [0.29, 0.717) is 11.2 Å². The second-order valence-electron chi connectivity index (χ2n) is 2.39. The summed E-state index contributed by atoms with van der Waals surface area (Å²) in [6.07, 6.45) is -4.34. The van der Waals surface area contributed by atoms with Gasteiger partial charge in [0.2, 0.25) is 0 Å².